The highest BCUT2D eigenvalue weighted by molar-refractivity contribution is 5.92. The van der Waals surface area contributed by atoms with Gasteiger partial charge in [0.15, 0.2) is 23.2 Å². The number of imidazole rings is 1. The molecule has 2 aromatic heterocycles. The molecule has 0 saturated carbocycles. The van der Waals surface area contributed by atoms with E-state index < -0.39 is 113 Å². The maximum Gasteiger partial charge on any atom is 0.426 e. The van der Waals surface area contributed by atoms with Crippen LogP contribution in [0.4, 0.5) is 20.3 Å². The molecule has 4 heterocycles. The normalized spacial score (nSPS) is 19.0. The van der Waals surface area contributed by atoms with Crippen molar-refractivity contribution < 1.29 is 62.0 Å². The Labute approximate surface area is 422 Å². The zero-order chi connectivity index (χ0) is 54.6. The second-order valence-corrected chi connectivity index (χ2v) is 20.4. The third-order valence-electron chi connectivity index (χ3n) is 10.9. The summed E-state index contributed by atoms with van der Waals surface area (Å²) in [6.45, 7) is 20.4. The van der Waals surface area contributed by atoms with Gasteiger partial charge in [-0.05, 0) is 87.0 Å². The lowest BCUT2D eigenvalue weighted by Crippen LogP contribution is -2.55. The molecule has 2 aliphatic heterocycles. The minimum Gasteiger partial charge on any atom is -0.447 e. The van der Waals surface area contributed by atoms with Gasteiger partial charge in [-0.25, -0.2) is 29.2 Å². The number of allylic oxidation sites excluding steroid dienone is 1. The second-order valence-electron chi connectivity index (χ2n) is 20.4. The van der Waals surface area contributed by atoms with Crippen molar-refractivity contribution in [3.63, 3.8) is 0 Å². The molecule has 0 spiro atoms. The minimum atomic E-state index is -1.18. The van der Waals surface area contributed by atoms with Crippen LogP contribution in [-0.4, -0.2) is 147 Å². The molecule has 2 aromatic rings. The third kappa shape index (κ3) is 17.5. The van der Waals surface area contributed by atoms with E-state index >= 15 is 0 Å². The molecule has 2 saturated heterocycles. The number of aromatic nitrogens is 4. The molecule has 2 fully saturated rings. The molecule has 6 atom stereocenters. The Morgan fingerprint density at radius 3 is 2.16 bits per heavy atom. The number of nitrogens with zero attached hydrogens (tertiary/aromatic N) is 4. The summed E-state index contributed by atoms with van der Waals surface area (Å²) >= 11 is 0. The van der Waals surface area contributed by atoms with Gasteiger partial charge in [0, 0.05) is 46.1 Å². The quantitative estimate of drug-likeness (QED) is 0.0357. The number of nitrogens with one attached hydrogen (secondary N) is 7. The Balaban J connectivity index is 1.35. The number of fused-ring (bicyclic) bond motifs is 2. The van der Waals surface area contributed by atoms with Gasteiger partial charge >= 0.3 is 24.0 Å². The largest absolute Gasteiger partial charge is 0.447 e. The Bertz CT molecular complexity index is 2440. The molecule has 2 aliphatic rings. The van der Waals surface area contributed by atoms with Crippen LogP contribution >= 0.6 is 0 Å². The van der Waals surface area contributed by atoms with E-state index in [0.29, 0.717) is 12.8 Å². The van der Waals surface area contributed by atoms with Crippen LogP contribution in [0.5, 0.6) is 0 Å². The lowest BCUT2D eigenvalue weighted by Gasteiger charge is -2.26. The molecule has 27 nitrogen and oxygen atoms in total. The number of likely N-dealkylation sites (N-methyl/N-ethyl adjacent to an activating group) is 1. The summed E-state index contributed by atoms with van der Waals surface area (Å²) in [7, 11) is 1.44. The summed E-state index contributed by atoms with van der Waals surface area (Å²) in [5.41, 5.74) is 7.32. The average Bonchev–Trinajstić information content (AvgIpc) is 3.86. The number of amides is 7. The minimum absolute atomic E-state index is 0.0245. The van der Waals surface area contributed by atoms with E-state index in [9.17, 15) is 43.2 Å². The molecular formula is C46H74N12O15. The summed E-state index contributed by atoms with van der Waals surface area (Å²) in [6.07, 6.45) is -3.93. The molecule has 73 heavy (non-hydrogen) atoms. The van der Waals surface area contributed by atoms with Crippen LogP contribution < -0.4 is 49.1 Å². The van der Waals surface area contributed by atoms with Crippen molar-refractivity contribution in [3.8, 4) is 0 Å². The molecule has 408 valence electrons. The van der Waals surface area contributed by atoms with Crippen LogP contribution in [0.15, 0.2) is 22.2 Å². The van der Waals surface area contributed by atoms with Crippen molar-refractivity contribution in [1.29, 1.82) is 0 Å². The van der Waals surface area contributed by atoms with Crippen molar-refractivity contribution in [2.75, 3.05) is 39.0 Å². The molecule has 0 bridgehead atoms. The molecule has 27 heteroatoms. The van der Waals surface area contributed by atoms with E-state index in [1.165, 1.54) is 22.6 Å². The number of hydrazine groups is 1. The first kappa shape index (κ1) is 58.8. The fourth-order valence-corrected chi connectivity index (χ4v) is 7.74. The number of nitrogens with two attached hydrogens (primary N) is 1. The van der Waals surface area contributed by atoms with E-state index in [4.69, 9.17) is 34.2 Å². The molecule has 4 rings (SSSR count). The number of hydrogen-bond acceptors (Lipinski definition) is 17. The lowest BCUT2D eigenvalue weighted by atomic mass is 10.0. The number of nitrogen functional groups attached to an aromatic ring is 1. The van der Waals surface area contributed by atoms with Gasteiger partial charge in [0.2, 0.25) is 29.6 Å². The van der Waals surface area contributed by atoms with Crippen molar-refractivity contribution in [2.45, 2.75) is 168 Å². The molecule has 9 N–H and O–H groups in total. The van der Waals surface area contributed by atoms with Crippen molar-refractivity contribution in [3.05, 3.63) is 33.5 Å². The van der Waals surface area contributed by atoms with Crippen molar-refractivity contribution >= 4 is 59.0 Å². The molecule has 7 amide bonds. The van der Waals surface area contributed by atoms with E-state index in [1.54, 1.807) is 69.2 Å². The lowest BCUT2D eigenvalue weighted by molar-refractivity contribution is -0.200. The van der Waals surface area contributed by atoms with Crippen molar-refractivity contribution in [1.82, 2.24) is 56.1 Å². The first-order valence-electron chi connectivity index (χ1n) is 24.1. The third-order valence-corrected chi connectivity index (χ3v) is 10.9. The summed E-state index contributed by atoms with van der Waals surface area (Å²) in [6, 6.07) is -2.17. The van der Waals surface area contributed by atoms with Crippen LogP contribution in [0.3, 0.4) is 0 Å². The number of hydrogen-bond donors (Lipinski definition) is 8. The summed E-state index contributed by atoms with van der Waals surface area (Å²) in [4.78, 5) is 125. The predicted octanol–water partition coefficient (Wildman–Crippen LogP) is 1.30. The first-order chi connectivity index (χ1) is 34.0. The second kappa shape index (κ2) is 25.3. The highest BCUT2D eigenvalue weighted by atomic mass is 16.8. The van der Waals surface area contributed by atoms with Gasteiger partial charge < -0.3 is 60.3 Å². The van der Waals surface area contributed by atoms with Gasteiger partial charge in [-0.15, -0.1) is 6.58 Å². The SMILES string of the molecule is C=CCn1c(=O)n([C@H]2O[C@@H](COC(=O)N(C)CCNC(=O)[C@H](CCCCNC(=O)OC(C)(C)C)NC(=O)[C@@H](NC(=O)CCCC(=O)NNC(=O)OC(C)(C)C)C(C)C)[C@@H]3OC(C)(C)O[C@@H]32)c2nc(N)[nH]c(=O)c21. The fourth-order valence-electron chi connectivity index (χ4n) is 7.74. The zero-order valence-electron chi connectivity index (χ0n) is 43.6. The average molecular weight is 1040 g/mol. The Morgan fingerprint density at radius 2 is 1.52 bits per heavy atom. The number of ether oxygens (including phenoxy) is 6. The summed E-state index contributed by atoms with van der Waals surface area (Å²) < 4.78 is 36.8. The number of rotatable bonds is 22. The van der Waals surface area contributed by atoms with E-state index in [0.717, 1.165) is 4.57 Å². The fraction of sp³-hybridized carbons (Fsp3) is 0.696. The standard InChI is InChI=1S/C46H74N12O15/c1-13-22-57-31-34(52-39(47)53-37(31)63)58(42(57)66)38-33-32(70-46(10,11)71-33)27(69-38)24-68-43(67)56(12)23-21-48-35(61)26(17-14-15-20-49-40(64)72-44(4,5)6)50-36(62)30(25(2)3)51-28(59)18-16-19-29(60)54-55-41(65)73-45(7,8)9/h13,25-27,30,32-33,38H,1,14-24H2,2-12H3,(H,48,61)(H,49,64)(H,50,62)(H,51,59)(H,54,60)(H,55,65)(H3,47,52,53,63)/t26-,27-,30-,32-,33-,38-/m0/s1. The molecule has 0 radical (unpaired) electrons. The monoisotopic (exact) mass is 1030 g/mol. The number of carbonyl (C=O) groups excluding carboxylic acids is 7. The van der Waals surface area contributed by atoms with Crippen LogP contribution in [-0.2, 0) is 54.1 Å². The number of aromatic amines is 1. The van der Waals surface area contributed by atoms with Crippen molar-refractivity contribution in [2.24, 2.45) is 5.92 Å². The Kier molecular flexibility index (Phi) is 20.4. The number of anilines is 1. The molecule has 0 unspecified atom stereocenters. The van der Waals surface area contributed by atoms with E-state index in [1.807, 2.05) is 0 Å². The van der Waals surface area contributed by atoms with Crippen LogP contribution in [0.25, 0.3) is 11.2 Å². The highest BCUT2D eigenvalue weighted by Gasteiger charge is 2.57. The summed E-state index contributed by atoms with van der Waals surface area (Å²) in [5.74, 6) is -4.11. The maximum absolute atomic E-state index is 13.8. The van der Waals surface area contributed by atoms with Gasteiger partial charge in [-0.3, -0.25) is 38.9 Å². The van der Waals surface area contributed by atoms with Gasteiger partial charge in [0.05, 0.1) is 0 Å². The van der Waals surface area contributed by atoms with Gasteiger partial charge in [-0.2, -0.15) is 4.98 Å². The molecule has 0 aromatic carbocycles. The molecular weight excluding hydrogens is 961 g/mol. The number of alkyl carbamates (subject to hydrolysis) is 1. The van der Waals surface area contributed by atoms with Crippen LogP contribution in [0.2, 0.25) is 0 Å². The number of H-pyrrole nitrogens is 1. The van der Waals surface area contributed by atoms with Gasteiger partial charge in [-0.1, -0.05) is 19.9 Å². The van der Waals surface area contributed by atoms with Crippen LogP contribution in [0.1, 0.15) is 114 Å². The van der Waals surface area contributed by atoms with Crippen LogP contribution in [0, 0.1) is 5.92 Å². The Morgan fingerprint density at radius 1 is 0.877 bits per heavy atom. The van der Waals surface area contributed by atoms with Gasteiger partial charge in [0.1, 0.15) is 48.2 Å². The molecule has 0 aliphatic carbocycles. The van der Waals surface area contributed by atoms with E-state index in [-0.39, 0.29) is 75.6 Å². The first-order valence-corrected chi connectivity index (χ1v) is 24.1. The zero-order valence-corrected chi connectivity index (χ0v) is 43.6. The smallest absolute Gasteiger partial charge is 0.426 e. The van der Waals surface area contributed by atoms with E-state index in [2.05, 4.69) is 48.7 Å². The highest BCUT2D eigenvalue weighted by Crippen LogP contribution is 2.43. The maximum atomic E-state index is 13.8. The number of unbranched alkanes of at least 4 members (excludes halogenated alkanes) is 1. The van der Waals surface area contributed by atoms with Gasteiger partial charge in [0.25, 0.3) is 5.56 Å². The Hall–Kier alpha value is -6.74. The summed E-state index contributed by atoms with van der Waals surface area (Å²) in [5, 5.41) is 10.8. The topological polar surface area (TPSA) is 349 Å². The predicted molar refractivity (Wildman–Crippen MR) is 262 cm³/mol. The number of carbonyl (C=O) groups is 7.